The summed E-state index contributed by atoms with van der Waals surface area (Å²) in [5, 5.41) is 0. The molecule has 29 heavy (non-hydrogen) atoms. The van der Waals surface area contributed by atoms with Gasteiger partial charge in [-0.2, -0.15) is 0 Å². The fourth-order valence-electron chi connectivity index (χ4n) is 3.55. The molecule has 1 saturated heterocycles. The number of piperidine rings is 1. The van der Waals surface area contributed by atoms with Crippen LogP contribution < -0.4 is 0 Å². The number of hydrogen-bond donors (Lipinski definition) is 0. The van der Waals surface area contributed by atoms with Gasteiger partial charge in [-0.25, -0.2) is 4.79 Å². The predicted octanol–water partition coefficient (Wildman–Crippen LogP) is 5.70. The first kappa shape index (κ1) is 23.5. The quantitative estimate of drug-likeness (QED) is 0.520. The lowest BCUT2D eigenvalue weighted by molar-refractivity contribution is 0.0642. The van der Waals surface area contributed by atoms with Gasteiger partial charge in [-0.15, -0.1) is 0 Å². The smallest absolute Gasteiger partial charge is 0.410 e. The number of carbonyl (C=O) groups is 2. The van der Waals surface area contributed by atoms with E-state index in [9.17, 15) is 9.59 Å². The first-order valence-corrected chi connectivity index (χ1v) is 11.4. The third-order valence-electron chi connectivity index (χ3n) is 5.37. The Hall–Kier alpha value is -1.82. The molecule has 0 radical (unpaired) electrons. The molecule has 0 bridgehead atoms. The molecule has 160 valence electrons. The molecule has 0 aliphatic carbocycles. The Morgan fingerprint density at radius 1 is 1.07 bits per heavy atom. The Labute approximate surface area is 183 Å². The van der Waals surface area contributed by atoms with Crippen LogP contribution in [0.15, 0.2) is 29.8 Å². The Kier molecular flexibility index (Phi) is 9.21. The highest BCUT2D eigenvalue weighted by Crippen LogP contribution is 2.31. The van der Waals surface area contributed by atoms with E-state index in [2.05, 4.69) is 22.9 Å². The SMILES string of the molecule is CCCC(C)OC(=O)N1CCC(=C(Br)c2ccc(C(=O)N(CC)CC)cc2)CC1. The van der Waals surface area contributed by atoms with Crippen LogP contribution in [0.3, 0.4) is 0 Å². The molecule has 2 rings (SSSR count). The third kappa shape index (κ3) is 6.33. The normalized spacial score (nSPS) is 15.1. The van der Waals surface area contributed by atoms with Crippen LogP contribution in [0.25, 0.3) is 4.48 Å². The summed E-state index contributed by atoms with van der Waals surface area (Å²) >= 11 is 3.73. The Bertz CT molecular complexity index is 716. The zero-order chi connectivity index (χ0) is 21.4. The fourth-order valence-corrected chi connectivity index (χ4v) is 4.21. The minimum atomic E-state index is -0.208. The first-order chi connectivity index (χ1) is 13.9. The molecule has 1 atom stereocenters. The maximum atomic E-state index is 12.5. The maximum absolute atomic E-state index is 12.5. The second-order valence-corrected chi connectivity index (χ2v) is 8.24. The second-order valence-electron chi connectivity index (χ2n) is 7.44. The second kappa shape index (κ2) is 11.4. The summed E-state index contributed by atoms with van der Waals surface area (Å²) in [4.78, 5) is 28.3. The van der Waals surface area contributed by atoms with E-state index in [4.69, 9.17) is 4.74 Å². The van der Waals surface area contributed by atoms with Gasteiger partial charge < -0.3 is 14.5 Å². The number of amides is 2. The third-order valence-corrected chi connectivity index (χ3v) is 6.39. The van der Waals surface area contributed by atoms with E-state index in [1.165, 1.54) is 5.57 Å². The highest BCUT2D eigenvalue weighted by atomic mass is 79.9. The van der Waals surface area contributed by atoms with E-state index in [1.54, 1.807) is 4.90 Å². The highest BCUT2D eigenvalue weighted by Gasteiger charge is 2.23. The van der Waals surface area contributed by atoms with Crippen molar-refractivity contribution >= 4 is 32.4 Å². The van der Waals surface area contributed by atoms with Crippen molar-refractivity contribution in [1.29, 1.82) is 0 Å². The van der Waals surface area contributed by atoms with Crippen molar-refractivity contribution in [3.8, 4) is 0 Å². The van der Waals surface area contributed by atoms with Gasteiger partial charge in [-0.05, 0) is 57.7 Å². The molecule has 1 aromatic rings. The van der Waals surface area contributed by atoms with Crippen molar-refractivity contribution in [2.45, 2.75) is 59.5 Å². The van der Waals surface area contributed by atoms with Crippen LogP contribution in [0.2, 0.25) is 0 Å². The summed E-state index contributed by atoms with van der Waals surface area (Å²) in [6.45, 7) is 10.8. The Morgan fingerprint density at radius 3 is 2.14 bits per heavy atom. The fraction of sp³-hybridized carbons (Fsp3) is 0.565. The number of ether oxygens (including phenoxy) is 1. The molecular weight excluding hydrogens is 432 g/mol. The number of nitrogens with zero attached hydrogens (tertiary/aromatic N) is 2. The monoisotopic (exact) mass is 464 g/mol. The van der Waals surface area contributed by atoms with E-state index >= 15 is 0 Å². The van der Waals surface area contributed by atoms with Crippen LogP contribution in [0, 0.1) is 0 Å². The molecule has 6 heteroatoms. The topological polar surface area (TPSA) is 49.9 Å². The summed E-state index contributed by atoms with van der Waals surface area (Å²) in [5.41, 5.74) is 3.06. The summed E-state index contributed by atoms with van der Waals surface area (Å²) in [6, 6.07) is 7.75. The van der Waals surface area contributed by atoms with E-state index in [1.807, 2.05) is 49.9 Å². The Balaban J connectivity index is 1.99. The van der Waals surface area contributed by atoms with Gasteiger partial charge in [0.2, 0.25) is 0 Å². The van der Waals surface area contributed by atoms with Crippen LogP contribution in [0.5, 0.6) is 0 Å². The number of rotatable bonds is 7. The van der Waals surface area contributed by atoms with Crippen molar-refractivity contribution in [3.05, 3.63) is 41.0 Å². The lowest BCUT2D eigenvalue weighted by Gasteiger charge is -2.29. The van der Waals surface area contributed by atoms with E-state index < -0.39 is 0 Å². The highest BCUT2D eigenvalue weighted by molar-refractivity contribution is 9.15. The van der Waals surface area contributed by atoms with Crippen LogP contribution >= 0.6 is 15.9 Å². The molecule has 0 saturated carbocycles. The first-order valence-electron chi connectivity index (χ1n) is 10.6. The summed E-state index contributed by atoms with van der Waals surface area (Å²) in [5.74, 6) is 0.0643. The van der Waals surface area contributed by atoms with Crippen molar-refractivity contribution in [3.63, 3.8) is 0 Å². The molecular formula is C23H33BrN2O3. The van der Waals surface area contributed by atoms with E-state index in [-0.39, 0.29) is 18.1 Å². The number of benzene rings is 1. The summed E-state index contributed by atoms with van der Waals surface area (Å²) in [7, 11) is 0. The van der Waals surface area contributed by atoms with Crippen molar-refractivity contribution < 1.29 is 14.3 Å². The molecule has 2 amide bonds. The van der Waals surface area contributed by atoms with Crippen LogP contribution in [-0.2, 0) is 4.74 Å². The molecule has 1 aromatic carbocycles. The van der Waals surface area contributed by atoms with Gasteiger partial charge in [0.05, 0.1) is 0 Å². The van der Waals surface area contributed by atoms with Crippen LogP contribution in [0.1, 0.15) is 69.3 Å². The van der Waals surface area contributed by atoms with Gasteiger partial charge in [0.15, 0.2) is 0 Å². The molecule has 1 fully saturated rings. The number of carbonyl (C=O) groups excluding carboxylic acids is 2. The molecule has 0 aromatic heterocycles. The van der Waals surface area contributed by atoms with Crippen LogP contribution in [-0.4, -0.2) is 54.1 Å². The average Bonchev–Trinajstić information content (AvgIpc) is 2.74. The van der Waals surface area contributed by atoms with Gasteiger partial charge in [-0.3, -0.25) is 4.79 Å². The van der Waals surface area contributed by atoms with Gasteiger partial charge in [0.1, 0.15) is 6.10 Å². The molecule has 1 aliphatic heterocycles. The summed E-state index contributed by atoms with van der Waals surface area (Å²) < 4.78 is 6.57. The zero-order valence-electron chi connectivity index (χ0n) is 18.0. The standard InChI is InChI=1S/C23H33BrN2O3/c1-5-8-17(4)29-23(28)26-15-13-19(14-16-26)21(24)18-9-11-20(12-10-18)22(27)25(6-2)7-3/h9-12,17H,5-8,13-16H2,1-4H3. The Morgan fingerprint density at radius 2 is 1.62 bits per heavy atom. The molecule has 1 unspecified atom stereocenters. The lowest BCUT2D eigenvalue weighted by atomic mass is 10.0. The van der Waals surface area contributed by atoms with Gasteiger partial charge >= 0.3 is 6.09 Å². The van der Waals surface area contributed by atoms with Crippen molar-refractivity contribution in [1.82, 2.24) is 9.80 Å². The van der Waals surface area contributed by atoms with E-state index in [0.29, 0.717) is 31.7 Å². The predicted molar refractivity (Wildman–Crippen MR) is 121 cm³/mol. The number of hydrogen-bond acceptors (Lipinski definition) is 3. The van der Waals surface area contributed by atoms with Gasteiger partial charge in [0.25, 0.3) is 5.91 Å². The molecule has 0 spiro atoms. The average molecular weight is 465 g/mol. The molecule has 5 nitrogen and oxygen atoms in total. The molecule has 0 N–H and O–H groups in total. The number of halogens is 1. The lowest BCUT2D eigenvalue weighted by Crippen LogP contribution is -2.38. The van der Waals surface area contributed by atoms with Gasteiger partial charge in [-0.1, -0.05) is 47.0 Å². The molecule has 1 aliphatic rings. The largest absolute Gasteiger partial charge is 0.446 e. The summed E-state index contributed by atoms with van der Waals surface area (Å²) in [6.07, 6.45) is 3.29. The van der Waals surface area contributed by atoms with E-state index in [0.717, 1.165) is 35.7 Å². The molecule has 1 heterocycles. The van der Waals surface area contributed by atoms with Gasteiger partial charge in [0, 0.05) is 36.2 Å². The number of likely N-dealkylation sites (tertiary alicyclic amines) is 1. The van der Waals surface area contributed by atoms with Crippen LogP contribution in [0.4, 0.5) is 4.79 Å². The zero-order valence-corrected chi connectivity index (χ0v) is 19.6. The minimum Gasteiger partial charge on any atom is -0.446 e. The minimum absolute atomic E-state index is 0.0336. The van der Waals surface area contributed by atoms with Crippen molar-refractivity contribution in [2.24, 2.45) is 0 Å². The maximum Gasteiger partial charge on any atom is 0.410 e. The van der Waals surface area contributed by atoms with Crippen molar-refractivity contribution in [2.75, 3.05) is 26.2 Å².